The second-order valence-corrected chi connectivity index (χ2v) is 8.02. The molecule has 1 aliphatic rings. The van der Waals surface area contributed by atoms with E-state index in [1.165, 1.54) is 11.8 Å². The molecule has 2 aromatic rings. The first-order chi connectivity index (χ1) is 12.1. The van der Waals surface area contributed by atoms with Gasteiger partial charge in [0.1, 0.15) is 0 Å². The van der Waals surface area contributed by atoms with Crippen LogP contribution in [0.5, 0.6) is 0 Å². The Labute approximate surface area is 160 Å². The van der Waals surface area contributed by atoms with Crippen LogP contribution in [0.4, 0.5) is 0 Å². The van der Waals surface area contributed by atoms with Crippen molar-refractivity contribution in [3.8, 4) is 11.5 Å². The summed E-state index contributed by atoms with van der Waals surface area (Å²) in [6.45, 7) is 8.51. The van der Waals surface area contributed by atoms with Gasteiger partial charge < -0.3 is 14.2 Å². The molecule has 8 heteroatoms. The van der Waals surface area contributed by atoms with E-state index in [0.717, 1.165) is 42.8 Å². The zero-order valence-electron chi connectivity index (χ0n) is 14.3. The number of aromatic nitrogens is 2. The highest BCUT2D eigenvalue weighted by atomic mass is 79.9. The van der Waals surface area contributed by atoms with Gasteiger partial charge in [0.25, 0.3) is 5.22 Å². The summed E-state index contributed by atoms with van der Waals surface area (Å²) in [6.07, 6.45) is 0. The fraction of sp³-hybridized carbons (Fsp3) is 0.471. The van der Waals surface area contributed by atoms with E-state index in [1.807, 2.05) is 36.1 Å². The molecule has 1 unspecified atom stereocenters. The Kier molecular flexibility index (Phi) is 6.14. The molecule has 1 atom stereocenters. The summed E-state index contributed by atoms with van der Waals surface area (Å²) in [6, 6.07) is 7.68. The second-order valence-electron chi connectivity index (χ2n) is 5.87. The van der Waals surface area contributed by atoms with Crippen LogP contribution in [0.2, 0.25) is 0 Å². The van der Waals surface area contributed by atoms with Gasteiger partial charge in [-0.15, -0.1) is 10.2 Å². The lowest BCUT2D eigenvalue weighted by Gasteiger charge is -2.35. The predicted octanol–water partition coefficient (Wildman–Crippen LogP) is 3.14. The van der Waals surface area contributed by atoms with Gasteiger partial charge in [-0.3, -0.25) is 4.79 Å². The number of carbonyl (C=O) groups is 1. The van der Waals surface area contributed by atoms with E-state index in [-0.39, 0.29) is 11.2 Å². The third-order valence-electron chi connectivity index (χ3n) is 4.27. The standard InChI is InChI=1S/C17H21BrN4O2S/c1-3-21-8-10-22(11-9-21)16(23)12(2)25-17-20-19-15(24-17)13-6-4-5-7-14(13)18/h4-7,12H,3,8-11H2,1-2H3. The van der Waals surface area contributed by atoms with E-state index in [9.17, 15) is 4.79 Å². The summed E-state index contributed by atoms with van der Waals surface area (Å²) < 4.78 is 6.62. The smallest absolute Gasteiger partial charge is 0.277 e. The van der Waals surface area contributed by atoms with Crippen molar-refractivity contribution in [2.75, 3.05) is 32.7 Å². The van der Waals surface area contributed by atoms with Crippen LogP contribution in [-0.2, 0) is 4.79 Å². The molecule has 1 aromatic carbocycles. The maximum Gasteiger partial charge on any atom is 0.277 e. The lowest BCUT2D eigenvalue weighted by atomic mass is 10.2. The van der Waals surface area contributed by atoms with Crippen molar-refractivity contribution >= 4 is 33.6 Å². The number of carbonyl (C=O) groups excluding carboxylic acids is 1. The Morgan fingerprint density at radius 2 is 2.00 bits per heavy atom. The number of rotatable bonds is 5. The van der Waals surface area contributed by atoms with Crippen molar-refractivity contribution in [1.82, 2.24) is 20.0 Å². The van der Waals surface area contributed by atoms with Crippen LogP contribution in [0.3, 0.4) is 0 Å². The molecular weight excluding hydrogens is 404 g/mol. The Morgan fingerprint density at radius 1 is 1.28 bits per heavy atom. The normalized spacial score (nSPS) is 16.8. The van der Waals surface area contributed by atoms with E-state index in [0.29, 0.717) is 11.1 Å². The van der Waals surface area contributed by atoms with Crippen molar-refractivity contribution in [3.63, 3.8) is 0 Å². The molecule has 1 saturated heterocycles. The zero-order valence-corrected chi connectivity index (χ0v) is 16.7. The van der Waals surface area contributed by atoms with Gasteiger partial charge >= 0.3 is 0 Å². The van der Waals surface area contributed by atoms with Gasteiger partial charge in [-0.2, -0.15) is 0 Å². The van der Waals surface area contributed by atoms with E-state index in [4.69, 9.17) is 4.42 Å². The van der Waals surface area contributed by atoms with Gasteiger partial charge in [-0.25, -0.2) is 0 Å². The SMILES string of the molecule is CCN1CCN(C(=O)C(C)Sc2nnc(-c3ccccc3Br)o2)CC1. The average Bonchev–Trinajstić information content (AvgIpc) is 3.09. The van der Waals surface area contributed by atoms with Gasteiger partial charge in [0, 0.05) is 30.7 Å². The number of piperazine rings is 1. The van der Waals surface area contributed by atoms with Crippen LogP contribution in [0.1, 0.15) is 13.8 Å². The van der Waals surface area contributed by atoms with Crippen molar-refractivity contribution in [2.45, 2.75) is 24.3 Å². The molecule has 1 fully saturated rings. The highest BCUT2D eigenvalue weighted by molar-refractivity contribution is 9.10. The highest BCUT2D eigenvalue weighted by Crippen LogP contribution is 2.30. The number of hydrogen-bond donors (Lipinski definition) is 0. The summed E-state index contributed by atoms with van der Waals surface area (Å²) in [5, 5.41) is 8.33. The number of hydrogen-bond acceptors (Lipinski definition) is 6. The molecule has 0 spiro atoms. The Morgan fingerprint density at radius 3 is 2.68 bits per heavy atom. The Balaban J connectivity index is 1.61. The van der Waals surface area contributed by atoms with Crippen molar-refractivity contribution < 1.29 is 9.21 Å². The summed E-state index contributed by atoms with van der Waals surface area (Å²) in [4.78, 5) is 16.9. The summed E-state index contributed by atoms with van der Waals surface area (Å²) in [7, 11) is 0. The number of benzene rings is 1. The van der Waals surface area contributed by atoms with E-state index >= 15 is 0 Å². The fourth-order valence-corrected chi connectivity index (χ4v) is 3.97. The molecule has 0 N–H and O–H groups in total. The molecule has 1 aliphatic heterocycles. The number of nitrogens with zero attached hydrogens (tertiary/aromatic N) is 4. The number of halogens is 1. The van der Waals surface area contributed by atoms with Gasteiger partial charge in [0.05, 0.1) is 10.8 Å². The van der Waals surface area contributed by atoms with Crippen LogP contribution in [0.25, 0.3) is 11.5 Å². The minimum atomic E-state index is -0.249. The molecule has 0 saturated carbocycles. The van der Waals surface area contributed by atoms with Crippen LogP contribution < -0.4 is 0 Å². The van der Waals surface area contributed by atoms with E-state index < -0.39 is 0 Å². The maximum atomic E-state index is 12.6. The molecule has 3 rings (SSSR count). The van der Waals surface area contributed by atoms with Crippen LogP contribution in [0.15, 0.2) is 38.4 Å². The first-order valence-electron chi connectivity index (χ1n) is 8.34. The molecule has 0 bridgehead atoms. The average molecular weight is 425 g/mol. The van der Waals surface area contributed by atoms with E-state index in [2.05, 4.69) is 38.0 Å². The molecular formula is C17H21BrN4O2S. The molecule has 25 heavy (non-hydrogen) atoms. The lowest BCUT2D eigenvalue weighted by molar-refractivity contribution is -0.132. The van der Waals surface area contributed by atoms with Gasteiger partial charge in [0.2, 0.25) is 11.8 Å². The number of thioether (sulfide) groups is 1. The Bertz CT molecular complexity index is 731. The third-order valence-corrected chi connectivity index (χ3v) is 5.88. The molecule has 6 nitrogen and oxygen atoms in total. The van der Waals surface area contributed by atoms with Gasteiger partial charge in [0.15, 0.2) is 0 Å². The van der Waals surface area contributed by atoms with Crippen molar-refractivity contribution in [2.24, 2.45) is 0 Å². The first-order valence-corrected chi connectivity index (χ1v) is 10.0. The van der Waals surface area contributed by atoms with Gasteiger partial charge in [-0.05, 0) is 41.5 Å². The van der Waals surface area contributed by atoms with Crippen molar-refractivity contribution in [1.29, 1.82) is 0 Å². The largest absolute Gasteiger partial charge is 0.411 e. The highest BCUT2D eigenvalue weighted by Gasteiger charge is 2.26. The monoisotopic (exact) mass is 424 g/mol. The summed E-state index contributed by atoms with van der Waals surface area (Å²) in [5.41, 5.74) is 0.844. The molecule has 0 radical (unpaired) electrons. The third kappa shape index (κ3) is 4.43. The van der Waals surface area contributed by atoms with Crippen LogP contribution in [0, 0.1) is 0 Å². The van der Waals surface area contributed by atoms with E-state index in [1.54, 1.807) is 0 Å². The zero-order chi connectivity index (χ0) is 17.8. The lowest BCUT2D eigenvalue weighted by Crippen LogP contribution is -2.50. The topological polar surface area (TPSA) is 62.5 Å². The minimum Gasteiger partial charge on any atom is -0.411 e. The molecule has 0 aliphatic carbocycles. The van der Waals surface area contributed by atoms with Crippen LogP contribution in [-0.4, -0.2) is 63.9 Å². The van der Waals surface area contributed by atoms with Gasteiger partial charge in [-0.1, -0.05) is 30.8 Å². The maximum absolute atomic E-state index is 12.6. The molecule has 1 aromatic heterocycles. The minimum absolute atomic E-state index is 0.126. The predicted molar refractivity (Wildman–Crippen MR) is 101 cm³/mol. The number of likely N-dealkylation sites (N-methyl/N-ethyl adjacent to an activating group) is 1. The summed E-state index contributed by atoms with van der Waals surface area (Å²) >= 11 is 4.79. The van der Waals surface area contributed by atoms with Crippen LogP contribution >= 0.6 is 27.7 Å². The molecule has 134 valence electrons. The summed E-state index contributed by atoms with van der Waals surface area (Å²) in [5.74, 6) is 0.576. The first kappa shape index (κ1) is 18.4. The fourth-order valence-electron chi connectivity index (χ4n) is 2.74. The van der Waals surface area contributed by atoms with Crippen molar-refractivity contribution in [3.05, 3.63) is 28.7 Å². The quantitative estimate of drug-likeness (QED) is 0.686. The number of amides is 1. The second kappa shape index (κ2) is 8.33. The molecule has 2 heterocycles. The molecule has 1 amide bonds. The Hall–Kier alpha value is -1.38.